The Morgan fingerprint density at radius 2 is 2.11 bits per heavy atom. The summed E-state index contributed by atoms with van der Waals surface area (Å²) in [7, 11) is 0. The maximum Gasteiger partial charge on any atom is 2.00 e. The molecule has 0 rings (SSSR count). The molecule has 49 valence electrons. The van der Waals surface area contributed by atoms with Crippen molar-refractivity contribution in [1.29, 1.82) is 0 Å². The van der Waals surface area contributed by atoms with Crippen LogP contribution in [0.4, 0.5) is 0 Å². The van der Waals surface area contributed by atoms with Gasteiger partial charge in [-0.15, -0.1) is 0 Å². The van der Waals surface area contributed by atoms with E-state index in [1.807, 2.05) is 0 Å². The van der Waals surface area contributed by atoms with E-state index in [0.717, 1.165) is 0 Å². The zero-order valence-electron chi connectivity index (χ0n) is 5.29. The van der Waals surface area contributed by atoms with Crippen molar-refractivity contribution >= 4 is 22.0 Å². The van der Waals surface area contributed by atoms with E-state index in [2.05, 4.69) is 16.0 Å². The van der Waals surface area contributed by atoms with Gasteiger partial charge in [-0.3, -0.25) is 0 Å². The summed E-state index contributed by atoms with van der Waals surface area (Å²) in [5.41, 5.74) is 4.92. The van der Waals surface area contributed by atoms with Crippen LogP contribution in [0.1, 0.15) is 0 Å². The normalized spacial score (nSPS) is 10.4. The number of aliphatic carboxylic acids is 1. The zero-order valence-corrected chi connectivity index (χ0v) is 12.5. The number of hydrogen-bond donors (Lipinski definition) is 1. The van der Waals surface area contributed by atoms with Gasteiger partial charge in [-0.1, -0.05) is 0 Å². The minimum atomic E-state index is -1.21. The molecule has 0 fully saturated rings. The average Bonchev–Trinajstić information content (AvgIpc) is 1.65. The summed E-state index contributed by atoms with van der Waals surface area (Å²) in [4.78, 5) is 9.67. The molecule has 0 amide bonds. The Bertz CT molecular complexity index is 81.0. The van der Waals surface area contributed by atoms with Crippen LogP contribution in [0, 0.1) is 7.43 Å². The number of carboxylic acid groups (broad SMARTS) is 1. The van der Waals surface area contributed by atoms with Crippen LogP contribution in [0.2, 0.25) is 5.32 Å². The Hall–Kier alpha value is 0.885. The van der Waals surface area contributed by atoms with Crippen molar-refractivity contribution in [3.8, 4) is 0 Å². The van der Waals surface area contributed by atoms with Gasteiger partial charge < -0.3 is 7.43 Å². The number of carboxylic acids is 1. The molecule has 1 radical (unpaired) electrons. The van der Waals surface area contributed by atoms with E-state index in [9.17, 15) is 9.90 Å². The predicted molar refractivity (Wildman–Crippen MR) is 30.0 cm³/mol. The monoisotopic (exact) mass is 384 g/mol. The van der Waals surface area contributed by atoms with Gasteiger partial charge in [0.2, 0.25) is 0 Å². The van der Waals surface area contributed by atoms with Crippen LogP contribution in [-0.2, 0) is 32.5 Å². The molecule has 0 heterocycles. The molecule has 0 aliphatic rings. The largest absolute Gasteiger partial charge is 2.00 e. The summed E-state index contributed by atoms with van der Waals surface area (Å²) in [6, 6.07) is -0.847. The summed E-state index contributed by atoms with van der Waals surface area (Å²) in [5, 5.41) is 9.98. The maximum absolute atomic E-state index is 9.67. The second kappa shape index (κ2) is 8.88. The first-order chi connectivity index (χ1) is 3.18. The molecule has 0 aliphatic carbocycles. The molecule has 0 bridgehead atoms. The SMILES string of the molecule is NC(C[Se])C(=O)[O-].[CH3-].[Hg+2]. The average molecular weight is 382 g/mol. The second-order valence-electron chi connectivity index (χ2n) is 1.09. The van der Waals surface area contributed by atoms with Gasteiger partial charge in [0.25, 0.3) is 0 Å². The van der Waals surface area contributed by atoms with Gasteiger partial charge in [-0.2, -0.15) is 0 Å². The van der Waals surface area contributed by atoms with E-state index in [-0.39, 0.29) is 35.1 Å². The number of carbonyl (C=O) groups excluding carboxylic acids is 1. The molecule has 5 heteroatoms. The minimum absolute atomic E-state index is 0. The first-order valence-electron chi connectivity index (χ1n) is 1.73. The van der Waals surface area contributed by atoms with Gasteiger partial charge in [0.1, 0.15) is 0 Å². The van der Waals surface area contributed by atoms with Crippen molar-refractivity contribution in [2.75, 3.05) is 0 Å². The molecule has 0 aliphatic heterocycles. The van der Waals surface area contributed by atoms with Crippen LogP contribution in [-0.4, -0.2) is 28.0 Å². The standard InChI is InChI=1S/C3H6NO2Se.CH3.Hg/c4-2(1-7)3(5)6;;/h2H,1,4H2,(H,5,6);1H3;/q;-1;+2/p-1. The molecule has 1 unspecified atom stereocenters. The third-order valence-electron chi connectivity index (χ3n) is 0.482. The van der Waals surface area contributed by atoms with Crippen LogP contribution in [0.25, 0.3) is 0 Å². The van der Waals surface area contributed by atoms with E-state index in [4.69, 9.17) is 5.73 Å². The Morgan fingerprint density at radius 1 is 1.78 bits per heavy atom. The molecule has 3 nitrogen and oxygen atoms in total. The fourth-order valence-corrected chi connectivity index (χ4v) is 0.354. The van der Waals surface area contributed by atoms with Crippen LogP contribution in [0.15, 0.2) is 0 Å². The molecule has 2 N–H and O–H groups in total. The summed E-state index contributed by atoms with van der Waals surface area (Å²) < 4.78 is 0. The van der Waals surface area contributed by atoms with Crippen molar-refractivity contribution in [2.24, 2.45) is 5.73 Å². The fourth-order valence-electron chi connectivity index (χ4n) is 0.0680. The van der Waals surface area contributed by atoms with Crippen molar-refractivity contribution in [1.82, 2.24) is 0 Å². The summed E-state index contributed by atoms with van der Waals surface area (Å²) in [5.74, 6) is -1.21. The van der Waals surface area contributed by atoms with Crippen molar-refractivity contribution in [3.63, 3.8) is 0 Å². The molecule has 0 aromatic rings. The molecule has 0 saturated heterocycles. The molecular formula is C4H8HgNO2Se. The van der Waals surface area contributed by atoms with E-state index in [0.29, 0.717) is 5.32 Å². The number of nitrogens with two attached hydrogens (primary N) is 1. The van der Waals surface area contributed by atoms with Gasteiger partial charge >= 0.3 is 76.6 Å². The Balaban J connectivity index is -0.000000180. The Morgan fingerprint density at radius 3 is 2.11 bits per heavy atom. The van der Waals surface area contributed by atoms with Crippen molar-refractivity contribution in [3.05, 3.63) is 7.43 Å². The third kappa shape index (κ3) is 8.88. The van der Waals surface area contributed by atoms with E-state index < -0.39 is 12.0 Å². The van der Waals surface area contributed by atoms with Crippen molar-refractivity contribution < 1.29 is 37.6 Å². The summed E-state index contributed by atoms with van der Waals surface area (Å²) in [6.45, 7) is 0. The van der Waals surface area contributed by atoms with Crippen LogP contribution >= 0.6 is 0 Å². The second-order valence-corrected chi connectivity index (χ2v) is 1.79. The number of rotatable bonds is 2. The smallest absolute Gasteiger partial charge is 0.358 e. The van der Waals surface area contributed by atoms with Crippen LogP contribution in [0.5, 0.6) is 0 Å². The number of hydrogen-bond acceptors (Lipinski definition) is 3. The van der Waals surface area contributed by atoms with E-state index in [1.54, 1.807) is 0 Å². The topological polar surface area (TPSA) is 66.2 Å². The van der Waals surface area contributed by atoms with E-state index in [1.165, 1.54) is 0 Å². The number of carbonyl (C=O) groups is 1. The summed E-state index contributed by atoms with van der Waals surface area (Å²) in [6.07, 6.45) is 0. The van der Waals surface area contributed by atoms with Gasteiger partial charge in [-0.25, -0.2) is 0 Å². The minimum Gasteiger partial charge on any atom is -0.358 e. The molecule has 0 aromatic heterocycles. The Kier molecular flexibility index (Phi) is 16.3. The molecule has 1 atom stereocenters. The van der Waals surface area contributed by atoms with E-state index >= 15 is 0 Å². The molecule has 9 heavy (non-hydrogen) atoms. The maximum atomic E-state index is 9.67. The molecule has 0 aromatic carbocycles. The van der Waals surface area contributed by atoms with Gasteiger partial charge in [0.15, 0.2) is 0 Å². The molecular weight excluding hydrogens is 374 g/mol. The fraction of sp³-hybridized carbons (Fsp3) is 0.500. The first kappa shape index (κ1) is 16.5. The van der Waals surface area contributed by atoms with Gasteiger partial charge in [-0.05, 0) is 0 Å². The third-order valence-corrected chi connectivity index (χ3v) is 1.24. The van der Waals surface area contributed by atoms with Crippen molar-refractivity contribution in [2.45, 2.75) is 11.4 Å². The quantitative estimate of drug-likeness (QED) is 0.449. The summed E-state index contributed by atoms with van der Waals surface area (Å²) >= 11 is 2.48. The van der Waals surface area contributed by atoms with Gasteiger partial charge in [0, 0.05) is 0 Å². The van der Waals surface area contributed by atoms with Crippen LogP contribution in [0.3, 0.4) is 0 Å². The zero-order chi connectivity index (χ0) is 5.86. The van der Waals surface area contributed by atoms with Gasteiger partial charge in [0.05, 0.1) is 0 Å². The molecule has 0 saturated carbocycles. The van der Waals surface area contributed by atoms with Crippen LogP contribution < -0.4 is 10.8 Å². The Labute approximate surface area is 83.7 Å². The first-order valence-corrected chi connectivity index (χ1v) is 2.94. The molecule has 0 spiro atoms. The predicted octanol–water partition coefficient (Wildman–Crippen LogP) is -1.90.